The van der Waals surface area contributed by atoms with Gasteiger partial charge in [0, 0.05) is 30.1 Å². The van der Waals surface area contributed by atoms with Gasteiger partial charge in [-0.15, -0.1) is 0 Å². The molecule has 0 fully saturated rings. The zero-order valence-electron chi connectivity index (χ0n) is 9.33. The minimum atomic E-state index is -0.101. The molecule has 0 saturated carbocycles. The lowest BCUT2D eigenvalue weighted by Crippen LogP contribution is -2.37. The third kappa shape index (κ3) is 5.59. The topological polar surface area (TPSA) is 57.8 Å². The monoisotopic (exact) mass is 227 g/mol. The maximum atomic E-state index is 11.0. The number of rotatable bonds is 4. The summed E-state index contributed by atoms with van der Waals surface area (Å²) in [6.07, 6.45) is 1.53. The Balaban J connectivity index is 2.29. The Morgan fingerprint density at radius 2 is 2.27 bits per heavy atom. The average Bonchev–Trinajstić information content (AvgIpc) is 2.11. The number of nitrogens with zero attached hydrogens (tertiary/aromatic N) is 1. The van der Waals surface area contributed by atoms with E-state index in [0.717, 1.165) is 12.3 Å². The van der Waals surface area contributed by atoms with Gasteiger partial charge in [0.2, 0.25) is 0 Å². The molecular weight excluding hydrogens is 210 g/mol. The van der Waals surface area contributed by atoms with E-state index >= 15 is 0 Å². The third-order valence-electron chi connectivity index (χ3n) is 1.64. The summed E-state index contributed by atoms with van der Waals surface area (Å²) in [6.45, 7) is 7.27. The summed E-state index contributed by atoms with van der Waals surface area (Å²) in [5.41, 5.74) is 0.0363. The summed E-state index contributed by atoms with van der Waals surface area (Å²) in [6, 6.07) is 1.41. The molecule has 0 atom stereocenters. The van der Waals surface area contributed by atoms with Gasteiger partial charge in [0.05, 0.1) is 0 Å². The van der Waals surface area contributed by atoms with Crippen LogP contribution >= 0.6 is 11.8 Å². The van der Waals surface area contributed by atoms with E-state index in [2.05, 4.69) is 36.1 Å². The van der Waals surface area contributed by atoms with Crippen molar-refractivity contribution in [2.45, 2.75) is 31.5 Å². The second kappa shape index (κ2) is 5.32. The molecule has 0 aromatic carbocycles. The predicted octanol–water partition coefficient (Wildman–Crippen LogP) is 1.25. The van der Waals surface area contributed by atoms with Gasteiger partial charge in [-0.05, 0) is 20.8 Å². The number of hydrogen-bond acceptors (Lipinski definition) is 4. The highest BCUT2D eigenvalue weighted by Crippen LogP contribution is 2.09. The molecule has 0 unspecified atom stereocenters. The molecule has 4 nitrogen and oxygen atoms in total. The molecule has 0 spiro atoms. The average molecular weight is 227 g/mol. The maximum absolute atomic E-state index is 11.0. The molecule has 5 heteroatoms. The molecule has 2 N–H and O–H groups in total. The minimum Gasteiger partial charge on any atom is -0.311 e. The molecule has 0 aliphatic rings. The lowest BCUT2D eigenvalue weighted by atomic mass is 10.1. The Labute approximate surface area is 93.9 Å². The van der Waals surface area contributed by atoms with Crippen LogP contribution in [0.4, 0.5) is 0 Å². The van der Waals surface area contributed by atoms with Crippen molar-refractivity contribution in [2.75, 3.05) is 12.3 Å². The molecule has 0 saturated heterocycles. The van der Waals surface area contributed by atoms with Gasteiger partial charge < -0.3 is 10.3 Å². The van der Waals surface area contributed by atoms with E-state index in [0.29, 0.717) is 5.16 Å². The van der Waals surface area contributed by atoms with E-state index in [1.807, 2.05) is 0 Å². The summed E-state index contributed by atoms with van der Waals surface area (Å²) in [5, 5.41) is 4.04. The van der Waals surface area contributed by atoms with Crippen LogP contribution in [0.1, 0.15) is 20.8 Å². The smallest absolute Gasteiger partial charge is 0.251 e. The fourth-order valence-electron chi connectivity index (χ4n) is 0.999. The molecule has 84 valence electrons. The number of H-pyrrole nitrogens is 1. The van der Waals surface area contributed by atoms with Crippen LogP contribution in [0.25, 0.3) is 0 Å². The van der Waals surface area contributed by atoms with Crippen LogP contribution in [-0.2, 0) is 0 Å². The number of thioether (sulfide) groups is 1. The van der Waals surface area contributed by atoms with Gasteiger partial charge in [-0.25, -0.2) is 4.98 Å². The van der Waals surface area contributed by atoms with Crippen molar-refractivity contribution >= 4 is 11.8 Å². The summed E-state index contributed by atoms with van der Waals surface area (Å²) >= 11 is 1.55. The molecule has 0 aliphatic heterocycles. The van der Waals surface area contributed by atoms with Crippen LogP contribution in [0.3, 0.4) is 0 Å². The van der Waals surface area contributed by atoms with E-state index in [4.69, 9.17) is 0 Å². The summed E-state index contributed by atoms with van der Waals surface area (Å²) in [7, 11) is 0. The molecule has 0 radical (unpaired) electrons. The van der Waals surface area contributed by atoms with Crippen molar-refractivity contribution in [1.29, 1.82) is 0 Å². The van der Waals surface area contributed by atoms with Gasteiger partial charge in [0.1, 0.15) is 0 Å². The van der Waals surface area contributed by atoms with Gasteiger partial charge in [-0.2, -0.15) is 0 Å². The van der Waals surface area contributed by atoms with Crippen molar-refractivity contribution in [1.82, 2.24) is 15.3 Å². The SMILES string of the molecule is CC(C)(C)NCCSc1nccc(=O)[nH]1. The second-order valence-corrected chi connectivity index (χ2v) is 5.35. The summed E-state index contributed by atoms with van der Waals surface area (Å²) in [4.78, 5) is 17.7. The quantitative estimate of drug-likeness (QED) is 0.462. The van der Waals surface area contributed by atoms with Gasteiger partial charge >= 0.3 is 0 Å². The van der Waals surface area contributed by atoms with E-state index in [-0.39, 0.29) is 11.1 Å². The molecule has 0 aliphatic carbocycles. The van der Waals surface area contributed by atoms with Crippen molar-refractivity contribution in [3.8, 4) is 0 Å². The zero-order chi connectivity index (χ0) is 11.3. The van der Waals surface area contributed by atoms with Gasteiger partial charge in [-0.3, -0.25) is 4.79 Å². The van der Waals surface area contributed by atoms with Gasteiger partial charge in [-0.1, -0.05) is 11.8 Å². The number of aromatic nitrogens is 2. The number of aromatic amines is 1. The summed E-state index contributed by atoms with van der Waals surface area (Å²) < 4.78 is 0. The Morgan fingerprint density at radius 3 is 2.87 bits per heavy atom. The fraction of sp³-hybridized carbons (Fsp3) is 0.600. The standard InChI is InChI=1S/C10H17N3OS/c1-10(2,3)12-6-7-15-9-11-5-4-8(14)13-9/h4-5,12H,6-7H2,1-3H3,(H,11,13,14). The summed E-state index contributed by atoms with van der Waals surface area (Å²) in [5.74, 6) is 0.893. The number of hydrogen-bond donors (Lipinski definition) is 2. The van der Waals surface area contributed by atoms with Crippen molar-refractivity contribution in [3.05, 3.63) is 22.6 Å². The number of nitrogens with one attached hydrogen (secondary N) is 2. The first-order valence-electron chi connectivity index (χ1n) is 4.90. The van der Waals surface area contributed by atoms with Crippen LogP contribution in [-0.4, -0.2) is 27.8 Å². The second-order valence-electron chi connectivity index (χ2n) is 4.26. The molecule has 0 bridgehead atoms. The van der Waals surface area contributed by atoms with Crippen LogP contribution in [0.2, 0.25) is 0 Å². The van der Waals surface area contributed by atoms with E-state index < -0.39 is 0 Å². The zero-order valence-corrected chi connectivity index (χ0v) is 10.1. The van der Waals surface area contributed by atoms with Crippen molar-refractivity contribution in [3.63, 3.8) is 0 Å². The highest BCUT2D eigenvalue weighted by Gasteiger charge is 2.07. The molecule has 0 amide bonds. The molecule has 1 rings (SSSR count). The Bertz CT molecular complexity index is 356. The van der Waals surface area contributed by atoms with Crippen LogP contribution in [0.15, 0.2) is 22.2 Å². The highest BCUT2D eigenvalue weighted by molar-refractivity contribution is 7.99. The molecule has 15 heavy (non-hydrogen) atoms. The first kappa shape index (κ1) is 12.3. The van der Waals surface area contributed by atoms with Crippen LogP contribution in [0, 0.1) is 0 Å². The van der Waals surface area contributed by atoms with E-state index in [1.54, 1.807) is 11.8 Å². The normalized spacial score (nSPS) is 11.7. The molecule has 1 heterocycles. The maximum Gasteiger partial charge on any atom is 0.251 e. The molecule has 1 aromatic heterocycles. The highest BCUT2D eigenvalue weighted by atomic mass is 32.2. The Kier molecular flexibility index (Phi) is 4.35. The van der Waals surface area contributed by atoms with E-state index in [9.17, 15) is 4.79 Å². The Morgan fingerprint density at radius 1 is 1.53 bits per heavy atom. The van der Waals surface area contributed by atoms with Gasteiger partial charge in [0.25, 0.3) is 5.56 Å². The minimum absolute atomic E-state index is 0.101. The van der Waals surface area contributed by atoms with Crippen molar-refractivity contribution in [2.24, 2.45) is 0 Å². The van der Waals surface area contributed by atoms with Gasteiger partial charge in [0.15, 0.2) is 5.16 Å². The molecular formula is C10H17N3OS. The predicted molar refractivity (Wildman–Crippen MR) is 63.3 cm³/mol. The van der Waals surface area contributed by atoms with Crippen molar-refractivity contribution < 1.29 is 0 Å². The van der Waals surface area contributed by atoms with Crippen LogP contribution in [0.5, 0.6) is 0 Å². The largest absolute Gasteiger partial charge is 0.311 e. The van der Waals surface area contributed by atoms with E-state index in [1.165, 1.54) is 12.3 Å². The first-order chi connectivity index (χ1) is 6.97. The fourth-order valence-corrected chi connectivity index (χ4v) is 1.70. The van der Waals surface area contributed by atoms with Crippen LogP contribution < -0.4 is 10.9 Å². The lowest BCUT2D eigenvalue weighted by Gasteiger charge is -2.19. The lowest BCUT2D eigenvalue weighted by molar-refractivity contribution is 0.441. The Hall–Kier alpha value is -0.810. The molecule has 1 aromatic rings. The third-order valence-corrected chi connectivity index (χ3v) is 2.53. The first-order valence-corrected chi connectivity index (χ1v) is 5.89.